The number of carbonyl (C=O) groups is 1. The van der Waals surface area contributed by atoms with Gasteiger partial charge >= 0.3 is 6.18 Å². The Kier molecular flexibility index (Phi) is 4.53. The van der Waals surface area contributed by atoms with Crippen molar-refractivity contribution in [2.24, 2.45) is 7.05 Å². The summed E-state index contributed by atoms with van der Waals surface area (Å²) < 4.78 is 43.4. The minimum Gasteiger partial charge on any atom is -0.448 e. The normalized spacial score (nSPS) is 11.7. The highest BCUT2D eigenvalue weighted by Gasteiger charge is 2.30. The minimum atomic E-state index is -4.32. The SMILES string of the molecule is CCN(C(=O)c1ncoc1CCC(F)(F)F)c1cnn(C)c1. The average molecular weight is 316 g/mol. The average Bonchev–Trinajstić information content (AvgIpc) is 3.05. The Morgan fingerprint density at radius 3 is 2.73 bits per heavy atom. The number of rotatable bonds is 5. The van der Waals surface area contributed by atoms with Crippen molar-refractivity contribution in [1.29, 1.82) is 0 Å². The monoisotopic (exact) mass is 316 g/mol. The molecule has 0 fully saturated rings. The zero-order valence-electron chi connectivity index (χ0n) is 12.1. The van der Waals surface area contributed by atoms with E-state index in [1.807, 2.05) is 0 Å². The third-order valence-electron chi connectivity index (χ3n) is 3.04. The van der Waals surface area contributed by atoms with Crippen LogP contribution < -0.4 is 4.90 Å². The van der Waals surface area contributed by atoms with Gasteiger partial charge in [-0.05, 0) is 6.92 Å². The maximum absolute atomic E-state index is 12.5. The van der Waals surface area contributed by atoms with Gasteiger partial charge in [0.1, 0.15) is 5.76 Å². The molecule has 1 amide bonds. The number of hydrogen-bond acceptors (Lipinski definition) is 4. The fourth-order valence-corrected chi connectivity index (χ4v) is 2.00. The second-order valence-corrected chi connectivity index (χ2v) is 4.66. The first-order valence-corrected chi connectivity index (χ1v) is 6.61. The molecular weight excluding hydrogens is 301 g/mol. The number of anilines is 1. The van der Waals surface area contributed by atoms with Gasteiger partial charge in [-0.3, -0.25) is 9.48 Å². The first-order chi connectivity index (χ1) is 10.3. The van der Waals surface area contributed by atoms with Gasteiger partial charge in [-0.15, -0.1) is 0 Å². The third kappa shape index (κ3) is 3.66. The van der Waals surface area contributed by atoms with Crippen molar-refractivity contribution >= 4 is 11.6 Å². The molecule has 9 heteroatoms. The lowest BCUT2D eigenvalue weighted by Crippen LogP contribution is -2.31. The number of hydrogen-bond donors (Lipinski definition) is 0. The highest BCUT2D eigenvalue weighted by atomic mass is 19.4. The van der Waals surface area contributed by atoms with Crippen molar-refractivity contribution in [1.82, 2.24) is 14.8 Å². The lowest BCUT2D eigenvalue weighted by molar-refractivity contribution is -0.134. The number of amides is 1. The topological polar surface area (TPSA) is 64.2 Å². The summed E-state index contributed by atoms with van der Waals surface area (Å²) in [6.07, 6.45) is -1.69. The summed E-state index contributed by atoms with van der Waals surface area (Å²) in [5.74, 6) is -0.578. The molecule has 0 bridgehead atoms. The molecule has 0 aliphatic heterocycles. The summed E-state index contributed by atoms with van der Waals surface area (Å²) in [6, 6.07) is 0. The molecule has 120 valence electrons. The van der Waals surface area contributed by atoms with Crippen LogP contribution in [0.4, 0.5) is 18.9 Å². The van der Waals surface area contributed by atoms with Gasteiger partial charge in [0.2, 0.25) is 0 Å². The van der Waals surface area contributed by atoms with Crippen molar-refractivity contribution in [2.45, 2.75) is 25.9 Å². The van der Waals surface area contributed by atoms with Gasteiger partial charge in [0.25, 0.3) is 5.91 Å². The number of nitrogens with zero attached hydrogens (tertiary/aromatic N) is 4. The van der Waals surface area contributed by atoms with E-state index in [2.05, 4.69) is 10.1 Å². The second-order valence-electron chi connectivity index (χ2n) is 4.66. The van der Waals surface area contributed by atoms with Crippen LogP contribution in [0, 0.1) is 0 Å². The van der Waals surface area contributed by atoms with Crippen LogP contribution >= 0.6 is 0 Å². The lowest BCUT2D eigenvalue weighted by Gasteiger charge is -2.18. The molecule has 0 unspecified atom stereocenters. The third-order valence-corrected chi connectivity index (χ3v) is 3.04. The molecule has 0 N–H and O–H groups in total. The maximum atomic E-state index is 12.5. The van der Waals surface area contributed by atoms with Crippen molar-refractivity contribution < 1.29 is 22.4 Å². The molecule has 0 aliphatic carbocycles. The molecule has 0 saturated heterocycles. The summed E-state index contributed by atoms with van der Waals surface area (Å²) in [7, 11) is 1.70. The molecule has 6 nitrogen and oxygen atoms in total. The van der Waals surface area contributed by atoms with Crippen LogP contribution in [0.3, 0.4) is 0 Å². The van der Waals surface area contributed by atoms with Crippen LogP contribution in [-0.4, -0.2) is 33.4 Å². The van der Waals surface area contributed by atoms with E-state index in [-0.39, 0.29) is 11.5 Å². The van der Waals surface area contributed by atoms with Gasteiger partial charge in [0.15, 0.2) is 12.1 Å². The first kappa shape index (κ1) is 16.1. The van der Waals surface area contributed by atoms with Gasteiger partial charge < -0.3 is 9.32 Å². The highest BCUT2D eigenvalue weighted by Crippen LogP contribution is 2.24. The molecule has 0 spiro atoms. The number of halogens is 3. The van der Waals surface area contributed by atoms with E-state index in [9.17, 15) is 18.0 Å². The summed E-state index contributed by atoms with van der Waals surface area (Å²) in [6.45, 7) is 2.08. The van der Waals surface area contributed by atoms with E-state index in [4.69, 9.17) is 4.42 Å². The predicted octanol–water partition coefficient (Wildman–Crippen LogP) is 2.57. The van der Waals surface area contributed by atoms with Gasteiger partial charge in [-0.25, -0.2) is 4.98 Å². The molecule has 0 saturated carbocycles. The van der Waals surface area contributed by atoms with Crippen LogP contribution in [0.5, 0.6) is 0 Å². The number of oxazole rings is 1. The van der Waals surface area contributed by atoms with Crippen molar-refractivity contribution in [3.63, 3.8) is 0 Å². The molecule has 2 heterocycles. The Balaban J connectivity index is 2.20. The Morgan fingerprint density at radius 1 is 1.45 bits per heavy atom. The zero-order chi connectivity index (χ0) is 16.3. The Labute approximate surface area is 124 Å². The summed E-state index contributed by atoms with van der Waals surface area (Å²) >= 11 is 0. The molecule has 0 aliphatic rings. The molecule has 2 aromatic rings. The molecule has 2 rings (SSSR count). The van der Waals surface area contributed by atoms with Crippen molar-refractivity contribution in [3.8, 4) is 0 Å². The number of alkyl halides is 3. The van der Waals surface area contributed by atoms with E-state index in [0.29, 0.717) is 12.2 Å². The fraction of sp³-hybridized carbons (Fsp3) is 0.462. The van der Waals surface area contributed by atoms with E-state index in [1.54, 1.807) is 20.2 Å². The maximum Gasteiger partial charge on any atom is 0.389 e. The summed E-state index contributed by atoms with van der Waals surface area (Å²) in [5, 5.41) is 3.97. The first-order valence-electron chi connectivity index (χ1n) is 6.61. The Morgan fingerprint density at radius 2 is 2.18 bits per heavy atom. The number of aryl methyl sites for hydroxylation is 2. The van der Waals surface area contributed by atoms with Crippen LogP contribution in [0.2, 0.25) is 0 Å². The molecule has 0 atom stereocenters. The minimum absolute atomic E-state index is 0.0651. The second kappa shape index (κ2) is 6.20. The molecular formula is C13H15F3N4O2. The van der Waals surface area contributed by atoms with E-state index >= 15 is 0 Å². The van der Waals surface area contributed by atoms with Crippen molar-refractivity contribution in [3.05, 3.63) is 30.2 Å². The Hall–Kier alpha value is -2.32. The lowest BCUT2D eigenvalue weighted by atomic mass is 10.2. The quantitative estimate of drug-likeness (QED) is 0.850. The fourth-order valence-electron chi connectivity index (χ4n) is 2.00. The smallest absolute Gasteiger partial charge is 0.389 e. The summed E-state index contributed by atoms with van der Waals surface area (Å²) in [5.41, 5.74) is 0.440. The summed E-state index contributed by atoms with van der Waals surface area (Å²) in [4.78, 5) is 17.6. The predicted molar refractivity (Wildman–Crippen MR) is 71.4 cm³/mol. The van der Waals surface area contributed by atoms with E-state index < -0.39 is 24.9 Å². The van der Waals surface area contributed by atoms with Crippen LogP contribution in [-0.2, 0) is 13.5 Å². The molecule has 0 radical (unpaired) electrons. The Bertz CT molecular complexity index is 648. The van der Waals surface area contributed by atoms with Crippen LogP contribution in [0.25, 0.3) is 0 Å². The largest absolute Gasteiger partial charge is 0.448 e. The van der Waals surface area contributed by atoms with Crippen LogP contribution in [0.1, 0.15) is 29.6 Å². The van der Waals surface area contributed by atoms with Gasteiger partial charge in [0, 0.05) is 26.2 Å². The zero-order valence-corrected chi connectivity index (χ0v) is 12.1. The van der Waals surface area contributed by atoms with Crippen molar-refractivity contribution in [2.75, 3.05) is 11.4 Å². The van der Waals surface area contributed by atoms with Crippen LogP contribution in [0.15, 0.2) is 23.2 Å². The number of aromatic nitrogens is 3. The molecule has 0 aromatic carbocycles. The van der Waals surface area contributed by atoms with E-state index in [0.717, 1.165) is 6.39 Å². The number of carbonyl (C=O) groups excluding carboxylic acids is 1. The van der Waals surface area contributed by atoms with Gasteiger partial charge in [-0.1, -0.05) is 0 Å². The van der Waals surface area contributed by atoms with Gasteiger partial charge in [0.05, 0.1) is 18.3 Å². The molecule has 2 aromatic heterocycles. The standard InChI is InChI=1S/C13H15F3N4O2/c1-3-20(9-6-18-19(2)7-9)12(21)11-10(22-8-17-11)4-5-13(14,15)16/h6-8H,3-5H2,1-2H3. The molecule has 22 heavy (non-hydrogen) atoms. The van der Waals surface area contributed by atoms with E-state index in [1.165, 1.54) is 15.8 Å². The van der Waals surface area contributed by atoms with Gasteiger partial charge in [-0.2, -0.15) is 18.3 Å². The highest BCUT2D eigenvalue weighted by molar-refractivity contribution is 6.05.